The highest BCUT2D eigenvalue weighted by Gasteiger charge is 2.23. The number of rotatable bonds is 8. The summed E-state index contributed by atoms with van der Waals surface area (Å²) in [6.07, 6.45) is 1.99. The van der Waals surface area contributed by atoms with Gasteiger partial charge in [0, 0.05) is 6.54 Å². The Morgan fingerprint density at radius 2 is 2.05 bits per heavy atom. The zero-order chi connectivity index (χ0) is 16.3. The summed E-state index contributed by atoms with van der Waals surface area (Å²) in [5.74, 6) is -0.440. The Balaban J connectivity index is 4.51. The summed E-state index contributed by atoms with van der Waals surface area (Å²) >= 11 is 0. The van der Waals surface area contributed by atoms with Crippen molar-refractivity contribution in [2.75, 3.05) is 13.1 Å². The molecule has 0 aromatic heterocycles. The van der Waals surface area contributed by atoms with E-state index < -0.39 is 23.6 Å². The molecule has 120 valence electrons. The number of alkyl carbamates (subject to hydrolysis) is 1. The lowest BCUT2D eigenvalue weighted by Gasteiger charge is -2.23. The van der Waals surface area contributed by atoms with Gasteiger partial charge in [-0.3, -0.25) is 9.79 Å². The monoisotopic (exact) mass is 300 g/mol. The molecule has 0 saturated heterocycles. The minimum Gasteiger partial charge on any atom is -0.444 e. The number of aliphatic imine (C=N–C) groups is 1. The SMILES string of the molecule is CC(C)(C)OC(=O)NC(CCCN=CN)C(=O)NCC=O. The van der Waals surface area contributed by atoms with Gasteiger partial charge in [-0.15, -0.1) is 0 Å². The van der Waals surface area contributed by atoms with Crippen LogP contribution in [0.4, 0.5) is 4.79 Å². The maximum atomic E-state index is 11.9. The van der Waals surface area contributed by atoms with E-state index in [1.165, 1.54) is 6.34 Å². The van der Waals surface area contributed by atoms with Crippen LogP contribution in [-0.4, -0.2) is 49.4 Å². The first kappa shape index (κ1) is 18.9. The fourth-order valence-corrected chi connectivity index (χ4v) is 1.45. The van der Waals surface area contributed by atoms with E-state index in [9.17, 15) is 14.4 Å². The first-order chi connectivity index (χ1) is 9.80. The Hall–Kier alpha value is -2.12. The molecule has 0 heterocycles. The number of hydrogen-bond donors (Lipinski definition) is 3. The van der Waals surface area contributed by atoms with Crippen LogP contribution in [0.1, 0.15) is 33.6 Å². The lowest BCUT2D eigenvalue weighted by atomic mass is 10.1. The highest BCUT2D eigenvalue weighted by Crippen LogP contribution is 2.07. The van der Waals surface area contributed by atoms with E-state index in [0.717, 1.165) is 0 Å². The lowest BCUT2D eigenvalue weighted by molar-refractivity contribution is -0.124. The second-order valence-electron chi connectivity index (χ2n) is 5.31. The largest absolute Gasteiger partial charge is 0.444 e. The molecule has 0 fully saturated rings. The van der Waals surface area contributed by atoms with Crippen molar-refractivity contribution in [1.29, 1.82) is 0 Å². The zero-order valence-corrected chi connectivity index (χ0v) is 12.7. The number of nitrogens with two attached hydrogens (primary N) is 1. The Morgan fingerprint density at radius 1 is 1.38 bits per heavy atom. The van der Waals surface area contributed by atoms with Gasteiger partial charge in [-0.1, -0.05) is 0 Å². The lowest BCUT2D eigenvalue weighted by Crippen LogP contribution is -2.48. The topological polar surface area (TPSA) is 123 Å². The van der Waals surface area contributed by atoms with Crippen molar-refractivity contribution in [3.63, 3.8) is 0 Å². The number of amides is 2. The Bertz CT molecular complexity index is 377. The normalized spacial score (nSPS) is 12.7. The number of aldehydes is 1. The molecule has 0 aliphatic heterocycles. The van der Waals surface area contributed by atoms with Gasteiger partial charge in [-0.05, 0) is 33.6 Å². The van der Waals surface area contributed by atoms with Crippen molar-refractivity contribution in [1.82, 2.24) is 10.6 Å². The summed E-state index contributed by atoms with van der Waals surface area (Å²) in [5.41, 5.74) is 4.47. The molecule has 0 bridgehead atoms. The first-order valence-electron chi connectivity index (χ1n) is 6.71. The second-order valence-corrected chi connectivity index (χ2v) is 5.31. The van der Waals surface area contributed by atoms with Gasteiger partial charge < -0.3 is 25.9 Å². The molecule has 0 aromatic rings. The average molecular weight is 300 g/mol. The van der Waals surface area contributed by atoms with Gasteiger partial charge in [0.25, 0.3) is 0 Å². The van der Waals surface area contributed by atoms with Crippen molar-refractivity contribution < 1.29 is 19.1 Å². The second kappa shape index (κ2) is 9.73. The van der Waals surface area contributed by atoms with Crippen molar-refractivity contribution in [3.8, 4) is 0 Å². The van der Waals surface area contributed by atoms with Crippen LogP contribution in [-0.2, 0) is 14.3 Å². The molecular formula is C13H24N4O4. The Morgan fingerprint density at radius 3 is 2.57 bits per heavy atom. The van der Waals surface area contributed by atoms with E-state index in [2.05, 4.69) is 15.6 Å². The van der Waals surface area contributed by atoms with Crippen molar-refractivity contribution >= 4 is 24.6 Å². The predicted molar refractivity (Wildman–Crippen MR) is 79.0 cm³/mol. The van der Waals surface area contributed by atoms with E-state index in [1.54, 1.807) is 20.8 Å². The number of nitrogens with one attached hydrogen (secondary N) is 2. The standard InChI is InChI=1S/C13H24N4O4/c1-13(2,3)21-12(20)17-10(5-4-6-15-9-14)11(19)16-7-8-18/h8-10H,4-7H2,1-3H3,(H2,14,15)(H,16,19)(H,17,20). The van der Waals surface area contributed by atoms with Crippen molar-refractivity contribution in [2.24, 2.45) is 10.7 Å². The molecule has 8 heteroatoms. The number of nitrogens with zero attached hydrogens (tertiary/aromatic N) is 1. The third-order valence-corrected chi connectivity index (χ3v) is 2.25. The highest BCUT2D eigenvalue weighted by molar-refractivity contribution is 5.86. The van der Waals surface area contributed by atoms with Gasteiger partial charge in [0.2, 0.25) is 5.91 Å². The smallest absolute Gasteiger partial charge is 0.408 e. The molecule has 0 aliphatic rings. The zero-order valence-electron chi connectivity index (χ0n) is 12.7. The molecule has 1 unspecified atom stereocenters. The molecule has 8 nitrogen and oxygen atoms in total. The highest BCUT2D eigenvalue weighted by atomic mass is 16.6. The minimum atomic E-state index is -0.784. The summed E-state index contributed by atoms with van der Waals surface area (Å²) in [4.78, 5) is 37.7. The maximum absolute atomic E-state index is 11.9. The van der Waals surface area contributed by atoms with Gasteiger partial charge in [-0.2, -0.15) is 0 Å². The van der Waals surface area contributed by atoms with E-state index in [1.807, 2.05) is 0 Å². The van der Waals surface area contributed by atoms with Crippen LogP contribution >= 0.6 is 0 Å². The van der Waals surface area contributed by atoms with Gasteiger partial charge in [-0.25, -0.2) is 4.79 Å². The number of carbonyl (C=O) groups excluding carboxylic acids is 3. The number of ether oxygens (including phenoxy) is 1. The molecule has 0 saturated carbocycles. The molecule has 0 aromatic carbocycles. The molecule has 1 atom stereocenters. The fourth-order valence-electron chi connectivity index (χ4n) is 1.45. The van der Waals surface area contributed by atoms with Gasteiger partial charge in [0.1, 0.15) is 17.9 Å². The summed E-state index contributed by atoms with van der Waals surface area (Å²) in [6.45, 7) is 5.52. The molecule has 0 rings (SSSR count). The third-order valence-electron chi connectivity index (χ3n) is 2.25. The number of hydrogen-bond acceptors (Lipinski definition) is 5. The van der Waals surface area contributed by atoms with Crippen LogP contribution in [0.5, 0.6) is 0 Å². The molecule has 21 heavy (non-hydrogen) atoms. The summed E-state index contributed by atoms with van der Waals surface area (Å²) in [6, 6.07) is -0.784. The van der Waals surface area contributed by atoms with Crippen LogP contribution in [0.15, 0.2) is 4.99 Å². The Kier molecular flexibility index (Phi) is 8.75. The van der Waals surface area contributed by atoms with Gasteiger partial charge >= 0.3 is 6.09 Å². The molecular weight excluding hydrogens is 276 g/mol. The Labute approximate surface area is 124 Å². The summed E-state index contributed by atoms with van der Waals surface area (Å²) in [7, 11) is 0. The number of carbonyl (C=O) groups is 3. The van der Waals surface area contributed by atoms with Crippen LogP contribution < -0.4 is 16.4 Å². The molecule has 0 aliphatic carbocycles. The van der Waals surface area contributed by atoms with Crippen LogP contribution in [0.3, 0.4) is 0 Å². The van der Waals surface area contributed by atoms with Gasteiger partial charge in [0.15, 0.2) is 0 Å². The van der Waals surface area contributed by atoms with Crippen molar-refractivity contribution in [3.05, 3.63) is 0 Å². The quantitative estimate of drug-likeness (QED) is 0.251. The molecule has 2 amide bonds. The van der Waals surface area contributed by atoms with Crippen molar-refractivity contribution in [2.45, 2.75) is 45.3 Å². The first-order valence-corrected chi connectivity index (χ1v) is 6.71. The molecule has 4 N–H and O–H groups in total. The molecule has 0 radical (unpaired) electrons. The minimum absolute atomic E-state index is 0.105. The van der Waals surface area contributed by atoms with E-state index >= 15 is 0 Å². The van der Waals surface area contributed by atoms with E-state index in [-0.39, 0.29) is 6.54 Å². The predicted octanol–water partition coefficient (Wildman–Crippen LogP) is -0.0380. The molecule has 0 spiro atoms. The fraction of sp³-hybridized carbons (Fsp3) is 0.692. The third kappa shape index (κ3) is 10.3. The average Bonchev–Trinajstić information content (AvgIpc) is 2.37. The van der Waals surface area contributed by atoms with Gasteiger partial charge in [0.05, 0.1) is 12.9 Å². The van der Waals surface area contributed by atoms with Crippen LogP contribution in [0.25, 0.3) is 0 Å². The summed E-state index contributed by atoms with van der Waals surface area (Å²) < 4.78 is 5.10. The van der Waals surface area contributed by atoms with Crippen LogP contribution in [0, 0.1) is 0 Å². The summed E-state index contributed by atoms with van der Waals surface area (Å²) in [5, 5.41) is 4.89. The van der Waals surface area contributed by atoms with E-state index in [0.29, 0.717) is 25.7 Å². The maximum Gasteiger partial charge on any atom is 0.408 e. The van der Waals surface area contributed by atoms with E-state index in [4.69, 9.17) is 10.5 Å². The van der Waals surface area contributed by atoms with Crippen LogP contribution in [0.2, 0.25) is 0 Å².